The molecule has 0 amide bonds. The third-order valence-corrected chi connectivity index (χ3v) is 3.14. The van der Waals surface area contributed by atoms with Gasteiger partial charge < -0.3 is 10.5 Å². The summed E-state index contributed by atoms with van der Waals surface area (Å²) in [5.41, 5.74) is 6.68. The van der Waals surface area contributed by atoms with Gasteiger partial charge in [-0.05, 0) is 42.5 Å². The monoisotopic (exact) mass is 303 g/mol. The summed E-state index contributed by atoms with van der Waals surface area (Å²) in [4.78, 5) is 0. The molecule has 0 aromatic heterocycles. The van der Waals surface area contributed by atoms with Gasteiger partial charge in [0, 0.05) is 24.2 Å². The van der Waals surface area contributed by atoms with Crippen molar-refractivity contribution in [1.29, 1.82) is 0 Å². The summed E-state index contributed by atoms with van der Waals surface area (Å²) in [6, 6.07) is 4.91. The molecule has 1 rings (SSSR count). The van der Waals surface area contributed by atoms with Crippen LogP contribution >= 0.6 is 15.9 Å². The van der Waals surface area contributed by atoms with Crippen LogP contribution in [0.15, 0.2) is 22.7 Å². The topological polar surface area (TPSA) is 35.2 Å². The molecule has 2 nitrogen and oxygen atoms in total. The Bertz CT molecular complexity index is 359. The van der Waals surface area contributed by atoms with Gasteiger partial charge in [-0.25, -0.2) is 4.39 Å². The number of hydrogen-bond donors (Lipinski definition) is 1. The van der Waals surface area contributed by atoms with Crippen molar-refractivity contribution >= 4 is 15.9 Å². The molecule has 4 heteroatoms. The quantitative estimate of drug-likeness (QED) is 0.876. The smallest absolute Gasteiger partial charge is 0.126 e. The summed E-state index contributed by atoms with van der Waals surface area (Å²) in [7, 11) is 1.68. The third kappa shape index (κ3) is 5.15. The maximum absolute atomic E-state index is 13.5. The molecule has 0 heterocycles. The van der Waals surface area contributed by atoms with E-state index in [9.17, 15) is 4.39 Å². The Morgan fingerprint density at radius 2 is 2.18 bits per heavy atom. The van der Waals surface area contributed by atoms with Crippen LogP contribution in [0.4, 0.5) is 4.39 Å². The van der Waals surface area contributed by atoms with Crippen LogP contribution in [0.2, 0.25) is 0 Å². The number of rotatable bonds is 6. The predicted octanol–water partition coefficient (Wildman–Crippen LogP) is 3.13. The molecule has 0 spiro atoms. The van der Waals surface area contributed by atoms with Crippen LogP contribution in [0.25, 0.3) is 0 Å². The molecule has 0 bridgehead atoms. The minimum Gasteiger partial charge on any atom is -0.384 e. The summed E-state index contributed by atoms with van der Waals surface area (Å²) < 4.78 is 19.5. The number of benzene rings is 1. The fourth-order valence-electron chi connectivity index (χ4n) is 1.93. The van der Waals surface area contributed by atoms with E-state index in [0.29, 0.717) is 24.5 Å². The number of halogens is 2. The lowest BCUT2D eigenvalue weighted by Gasteiger charge is -2.17. The fourth-order valence-corrected chi connectivity index (χ4v) is 2.34. The lowest BCUT2D eigenvalue weighted by Crippen LogP contribution is -2.27. The highest BCUT2D eigenvalue weighted by Gasteiger charge is 2.12. The van der Waals surface area contributed by atoms with E-state index in [1.807, 2.05) is 0 Å². The molecule has 0 aliphatic heterocycles. The first-order valence-electron chi connectivity index (χ1n) is 5.71. The zero-order valence-electron chi connectivity index (χ0n) is 10.2. The standard InChI is InChI=1S/C13H19BrFNO/c1-9(8-17-2)5-12(16)7-10-6-11(14)3-4-13(10)15/h3-4,6,9,12H,5,7-8,16H2,1-2H3. The van der Waals surface area contributed by atoms with E-state index >= 15 is 0 Å². The van der Waals surface area contributed by atoms with Gasteiger partial charge in [0.05, 0.1) is 0 Å². The van der Waals surface area contributed by atoms with Crippen molar-refractivity contribution in [1.82, 2.24) is 0 Å². The SMILES string of the molecule is COCC(C)CC(N)Cc1cc(Br)ccc1F. The fraction of sp³-hybridized carbons (Fsp3) is 0.538. The molecule has 0 fully saturated rings. The van der Waals surface area contributed by atoms with E-state index in [4.69, 9.17) is 10.5 Å². The van der Waals surface area contributed by atoms with Gasteiger partial charge in [0.25, 0.3) is 0 Å². The maximum Gasteiger partial charge on any atom is 0.126 e. The average molecular weight is 304 g/mol. The Morgan fingerprint density at radius 1 is 1.47 bits per heavy atom. The summed E-state index contributed by atoms with van der Waals surface area (Å²) >= 11 is 3.33. The van der Waals surface area contributed by atoms with Crippen molar-refractivity contribution in [3.63, 3.8) is 0 Å². The second-order valence-electron chi connectivity index (χ2n) is 4.50. The molecule has 0 saturated heterocycles. The highest BCUT2D eigenvalue weighted by molar-refractivity contribution is 9.10. The Kier molecular flexibility index (Phi) is 6.09. The normalized spacial score (nSPS) is 14.6. The van der Waals surface area contributed by atoms with Gasteiger partial charge in [-0.1, -0.05) is 22.9 Å². The predicted molar refractivity (Wildman–Crippen MR) is 71.4 cm³/mol. The molecule has 0 aliphatic rings. The Hall–Kier alpha value is -0.450. The van der Waals surface area contributed by atoms with Gasteiger partial charge in [-0.2, -0.15) is 0 Å². The van der Waals surface area contributed by atoms with Crippen LogP contribution in [-0.4, -0.2) is 19.8 Å². The first kappa shape index (κ1) is 14.6. The van der Waals surface area contributed by atoms with Crippen molar-refractivity contribution < 1.29 is 9.13 Å². The molecule has 17 heavy (non-hydrogen) atoms. The first-order valence-corrected chi connectivity index (χ1v) is 6.50. The molecule has 96 valence electrons. The molecular formula is C13H19BrFNO. The lowest BCUT2D eigenvalue weighted by atomic mass is 9.97. The largest absolute Gasteiger partial charge is 0.384 e. The van der Waals surface area contributed by atoms with Crippen LogP contribution in [0.3, 0.4) is 0 Å². The number of methoxy groups -OCH3 is 1. The zero-order valence-corrected chi connectivity index (χ0v) is 11.8. The molecule has 2 N–H and O–H groups in total. The Labute approximate surface area is 110 Å². The zero-order chi connectivity index (χ0) is 12.8. The summed E-state index contributed by atoms with van der Waals surface area (Å²) in [5, 5.41) is 0. The highest BCUT2D eigenvalue weighted by atomic mass is 79.9. The maximum atomic E-state index is 13.5. The number of ether oxygens (including phenoxy) is 1. The van der Waals surface area contributed by atoms with E-state index in [0.717, 1.165) is 10.9 Å². The lowest BCUT2D eigenvalue weighted by molar-refractivity contribution is 0.152. The average Bonchev–Trinajstić information content (AvgIpc) is 2.23. The van der Waals surface area contributed by atoms with Gasteiger partial charge in [0.15, 0.2) is 0 Å². The Balaban J connectivity index is 2.55. The van der Waals surface area contributed by atoms with Crippen LogP contribution in [0.1, 0.15) is 18.9 Å². The van der Waals surface area contributed by atoms with Crippen LogP contribution in [0.5, 0.6) is 0 Å². The summed E-state index contributed by atoms with van der Waals surface area (Å²) in [6.45, 7) is 2.77. The number of nitrogens with two attached hydrogens (primary N) is 1. The van der Waals surface area contributed by atoms with E-state index in [-0.39, 0.29) is 11.9 Å². The van der Waals surface area contributed by atoms with Crippen molar-refractivity contribution in [3.05, 3.63) is 34.1 Å². The van der Waals surface area contributed by atoms with Gasteiger partial charge in [0.2, 0.25) is 0 Å². The number of hydrogen-bond acceptors (Lipinski definition) is 2. The second-order valence-corrected chi connectivity index (χ2v) is 5.41. The van der Waals surface area contributed by atoms with E-state index in [2.05, 4.69) is 22.9 Å². The second kappa shape index (κ2) is 7.09. The molecule has 1 aromatic carbocycles. The molecule has 0 saturated carbocycles. The van der Waals surface area contributed by atoms with Gasteiger partial charge in [-0.15, -0.1) is 0 Å². The molecule has 2 atom stereocenters. The third-order valence-electron chi connectivity index (χ3n) is 2.65. The molecule has 0 radical (unpaired) electrons. The van der Waals surface area contributed by atoms with Gasteiger partial charge in [-0.3, -0.25) is 0 Å². The van der Waals surface area contributed by atoms with Gasteiger partial charge >= 0.3 is 0 Å². The van der Waals surface area contributed by atoms with E-state index < -0.39 is 0 Å². The molecule has 0 aliphatic carbocycles. The van der Waals surface area contributed by atoms with Crippen LogP contribution < -0.4 is 5.73 Å². The minimum absolute atomic E-state index is 0.0380. The van der Waals surface area contributed by atoms with Crippen LogP contribution in [-0.2, 0) is 11.2 Å². The van der Waals surface area contributed by atoms with Crippen LogP contribution in [0, 0.1) is 11.7 Å². The van der Waals surface area contributed by atoms with Crippen molar-refractivity contribution in [2.24, 2.45) is 11.7 Å². The van der Waals surface area contributed by atoms with Gasteiger partial charge in [0.1, 0.15) is 5.82 Å². The first-order chi connectivity index (χ1) is 8.02. The minimum atomic E-state index is -0.192. The van der Waals surface area contributed by atoms with E-state index in [1.165, 1.54) is 6.07 Å². The Morgan fingerprint density at radius 3 is 2.82 bits per heavy atom. The highest BCUT2D eigenvalue weighted by Crippen LogP contribution is 2.18. The van der Waals surface area contributed by atoms with Crippen molar-refractivity contribution in [3.8, 4) is 0 Å². The summed E-state index contributed by atoms with van der Waals surface area (Å²) in [6.07, 6.45) is 1.39. The summed E-state index contributed by atoms with van der Waals surface area (Å²) in [5.74, 6) is 0.202. The van der Waals surface area contributed by atoms with E-state index in [1.54, 1.807) is 19.2 Å². The van der Waals surface area contributed by atoms with Crippen molar-refractivity contribution in [2.75, 3.05) is 13.7 Å². The molecule has 2 unspecified atom stereocenters. The molecular weight excluding hydrogens is 285 g/mol. The molecule has 1 aromatic rings. The van der Waals surface area contributed by atoms with Crippen molar-refractivity contribution in [2.45, 2.75) is 25.8 Å².